The highest BCUT2D eigenvalue weighted by atomic mass is 35.5. The molecule has 162 valence electrons. The molecule has 0 spiro atoms. The van der Waals surface area contributed by atoms with Gasteiger partial charge < -0.3 is 5.32 Å². The van der Waals surface area contributed by atoms with Crippen molar-refractivity contribution < 1.29 is 13.2 Å². The number of aryl methyl sites for hydroxylation is 3. The van der Waals surface area contributed by atoms with Crippen LogP contribution in [0.1, 0.15) is 22.3 Å². The van der Waals surface area contributed by atoms with Crippen molar-refractivity contribution in [2.75, 3.05) is 11.9 Å². The third kappa shape index (κ3) is 5.94. The molecule has 0 aliphatic carbocycles. The number of rotatable bonds is 7. The molecule has 0 aromatic heterocycles. The van der Waals surface area contributed by atoms with E-state index in [4.69, 9.17) is 11.6 Å². The summed E-state index contributed by atoms with van der Waals surface area (Å²) in [5.74, 6) is -0.441. The summed E-state index contributed by atoms with van der Waals surface area (Å²) in [5.41, 5.74) is 4.19. The van der Waals surface area contributed by atoms with E-state index in [0.717, 1.165) is 22.3 Å². The van der Waals surface area contributed by atoms with Crippen molar-refractivity contribution in [3.05, 3.63) is 94.0 Å². The van der Waals surface area contributed by atoms with Gasteiger partial charge in [0.05, 0.1) is 11.4 Å². The second-order valence-corrected chi connectivity index (χ2v) is 9.93. The molecule has 3 aromatic rings. The predicted octanol–water partition coefficient (Wildman–Crippen LogP) is 5.09. The Hall–Kier alpha value is -2.67. The number of carbonyl (C=O) groups excluding carboxylic acids is 1. The topological polar surface area (TPSA) is 66.5 Å². The molecule has 1 N–H and O–H groups in total. The summed E-state index contributed by atoms with van der Waals surface area (Å²) >= 11 is 6.13. The van der Waals surface area contributed by atoms with Gasteiger partial charge in [0.15, 0.2) is 0 Å². The van der Waals surface area contributed by atoms with Crippen molar-refractivity contribution in [2.24, 2.45) is 0 Å². The Balaban J connectivity index is 1.88. The first-order chi connectivity index (χ1) is 14.6. The molecule has 0 bridgehead atoms. The monoisotopic (exact) mass is 456 g/mol. The van der Waals surface area contributed by atoms with E-state index in [-0.39, 0.29) is 18.0 Å². The van der Waals surface area contributed by atoms with E-state index in [2.05, 4.69) is 5.32 Å². The van der Waals surface area contributed by atoms with Crippen LogP contribution in [-0.2, 0) is 21.4 Å². The minimum atomic E-state index is -3.88. The van der Waals surface area contributed by atoms with Gasteiger partial charge in [0.25, 0.3) is 0 Å². The maximum Gasteiger partial charge on any atom is 0.243 e. The Morgan fingerprint density at radius 1 is 0.935 bits per heavy atom. The normalized spacial score (nSPS) is 11.5. The molecular formula is C24H25ClN2O3S. The van der Waals surface area contributed by atoms with Gasteiger partial charge in [0.2, 0.25) is 15.9 Å². The standard InChI is InChI=1S/C24H25ClN2O3S/c1-17-7-11-22(12-8-17)31(29,30)27(15-20-6-4-5-18(2)13-20)16-24(28)26-21-10-9-19(3)23(25)14-21/h4-14H,15-16H2,1-3H3,(H,26,28). The van der Waals surface area contributed by atoms with Crippen LogP contribution in [0.25, 0.3) is 0 Å². The van der Waals surface area contributed by atoms with E-state index in [1.54, 1.807) is 42.5 Å². The van der Waals surface area contributed by atoms with Crippen LogP contribution in [0.4, 0.5) is 5.69 Å². The Morgan fingerprint density at radius 2 is 1.65 bits per heavy atom. The minimum Gasteiger partial charge on any atom is -0.325 e. The molecule has 0 saturated carbocycles. The fourth-order valence-electron chi connectivity index (χ4n) is 3.13. The molecule has 3 aromatic carbocycles. The Kier molecular flexibility index (Phi) is 7.15. The summed E-state index contributed by atoms with van der Waals surface area (Å²) in [5, 5.41) is 3.27. The van der Waals surface area contributed by atoms with Gasteiger partial charge in [-0.3, -0.25) is 4.79 Å². The molecule has 1 amide bonds. The molecule has 0 unspecified atom stereocenters. The molecule has 31 heavy (non-hydrogen) atoms. The van der Waals surface area contributed by atoms with Crippen LogP contribution in [0.15, 0.2) is 71.6 Å². The van der Waals surface area contributed by atoms with Gasteiger partial charge in [-0.15, -0.1) is 0 Å². The van der Waals surface area contributed by atoms with Crippen LogP contribution in [0.3, 0.4) is 0 Å². The van der Waals surface area contributed by atoms with E-state index >= 15 is 0 Å². The number of carbonyl (C=O) groups is 1. The van der Waals surface area contributed by atoms with Crippen molar-refractivity contribution in [3.63, 3.8) is 0 Å². The zero-order valence-corrected chi connectivity index (χ0v) is 19.3. The van der Waals surface area contributed by atoms with Crippen molar-refractivity contribution in [1.82, 2.24) is 4.31 Å². The molecule has 0 radical (unpaired) electrons. The zero-order chi connectivity index (χ0) is 22.6. The highest BCUT2D eigenvalue weighted by Crippen LogP contribution is 2.22. The van der Waals surface area contributed by atoms with Crippen LogP contribution in [0, 0.1) is 20.8 Å². The fraction of sp³-hybridized carbons (Fsp3) is 0.208. The molecule has 0 atom stereocenters. The van der Waals surface area contributed by atoms with E-state index in [0.29, 0.717) is 10.7 Å². The van der Waals surface area contributed by atoms with Crippen LogP contribution in [0.2, 0.25) is 5.02 Å². The minimum absolute atomic E-state index is 0.0833. The number of benzene rings is 3. The maximum atomic E-state index is 13.3. The third-order valence-electron chi connectivity index (χ3n) is 4.88. The van der Waals surface area contributed by atoms with Crippen molar-refractivity contribution in [2.45, 2.75) is 32.2 Å². The van der Waals surface area contributed by atoms with Gasteiger partial charge in [-0.2, -0.15) is 4.31 Å². The smallest absolute Gasteiger partial charge is 0.243 e. The van der Waals surface area contributed by atoms with Gasteiger partial charge in [-0.25, -0.2) is 8.42 Å². The van der Waals surface area contributed by atoms with Gasteiger partial charge in [0.1, 0.15) is 0 Å². The zero-order valence-electron chi connectivity index (χ0n) is 17.7. The number of sulfonamides is 1. The first kappa shape index (κ1) is 23.0. The van der Waals surface area contributed by atoms with Gasteiger partial charge in [-0.05, 0) is 56.2 Å². The molecule has 3 rings (SSSR count). The first-order valence-corrected chi connectivity index (χ1v) is 11.7. The molecule has 7 heteroatoms. The number of hydrogen-bond donors (Lipinski definition) is 1. The average molecular weight is 457 g/mol. The molecular weight excluding hydrogens is 432 g/mol. The third-order valence-corrected chi connectivity index (χ3v) is 7.09. The summed E-state index contributed by atoms with van der Waals surface area (Å²) in [7, 11) is -3.88. The lowest BCUT2D eigenvalue weighted by Crippen LogP contribution is -2.37. The summed E-state index contributed by atoms with van der Waals surface area (Å²) in [6.45, 7) is 5.46. The molecule has 0 fully saturated rings. The van der Waals surface area contributed by atoms with E-state index in [1.807, 2.05) is 45.0 Å². The molecule has 0 aliphatic rings. The lowest BCUT2D eigenvalue weighted by atomic mass is 10.1. The summed E-state index contributed by atoms with van der Waals surface area (Å²) in [6, 6.07) is 19.4. The molecule has 0 heterocycles. The number of amides is 1. The number of nitrogens with zero attached hydrogens (tertiary/aromatic N) is 1. The highest BCUT2D eigenvalue weighted by molar-refractivity contribution is 7.89. The molecule has 5 nitrogen and oxygen atoms in total. The number of nitrogens with one attached hydrogen (secondary N) is 1. The second kappa shape index (κ2) is 9.64. The van der Waals surface area contributed by atoms with Crippen molar-refractivity contribution >= 4 is 33.2 Å². The quantitative estimate of drug-likeness (QED) is 0.538. The molecule has 0 saturated heterocycles. The Morgan fingerprint density at radius 3 is 2.29 bits per heavy atom. The lowest BCUT2D eigenvalue weighted by Gasteiger charge is -2.22. The Labute approximate surface area is 188 Å². The summed E-state index contributed by atoms with van der Waals surface area (Å²) in [4.78, 5) is 12.9. The predicted molar refractivity (Wildman–Crippen MR) is 125 cm³/mol. The van der Waals surface area contributed by atoms with Crippen LogP contribution >= 0.6 is 11.6 Å². The van der Waals surface area contributed by atoms with Gasteiger partial charge >= 0.3 is 0 Å². The fourth-order valence-corrected chi connectivity index (χ4v) is 4.70. The van der Waals surface area contributed by atoms with Crippen LogP contribution < -0.4 is 5.32 Å². The van der Waals surface area contributed by atoms with Gasteiger partial charge in [0, 0.05) is 17.3 Å². The largest absolute Gasteiger partial charge is 0.325 e. The number of halogens is 1. The SMILES string of the molecule is Cc1ccc(S(=O)(=O)N(CC(=O)Nc2ccc(C)c(Cl)c2)Cc2cccc(C)c2)cc1. The summed E-state index contributed by atoms with van der Waals surface area (Å²) in [6.07, 6.45) is 0. The van der Waals surface area contributed by atoms with E-state index in [9.17, 15) is 13.2 Å². The van der Waals surface area contributed by atoms with E-state index < -0.39 is 15.9 Å². The van der Waals surface area contributed by atoms with Crippen molar-refractivity contribution in [3.8, 4) is 0 Å². The summed E-state index contributed by atoms with van der Waals surface area (Å²) < 4.78 is 27.9. The van der Waals surface area contributed by atoms with Crippen LogP contribution in [-0.4, -0.2) is 25.2 Å². The molecule has 0 aliphatic heterocycles. The van der Waals surface area contributed by atoms with Crippen LogP contribution in [0.5, 0.6) is 0 Å². The van der Waals surface area contributed by atoms with E-state index in [1.165, 1.54) is 4.31 Å². The second-order valence-electron chi connectivity index (χ2n) is 7.59. The first-order valence-electron chi connectivity index (χ1n) is 9.83. The Bertz CT molecular complexity index is 1190. The average Bonchev–Trinajstić information content (AvgIpc) is 2.70. The van der Waals surface area contributed by atoms with Crippen molar-refractivity contribution in [1.29, 1.82) is 0 Å². The highest BCUT2D eigenvalue weighted by Gasteiger charge is 2.27. The van der Waals surface area contributed by atoms with Gasteiger partial charge in [-0.1, -0.05) is 65.2 Å². The number of anilines is 1. The maximum absolute atomic E-state index is 13.3. The number of hydrogen-bond acceptors (Lipinski definition) is 3. The lowest BCUT2D eigenvalue weighted by molar-refractivity contribution is -0.116.